The molecule has 2 aromatic rings. The van der Waals surface area contributed by atoms with Gasteiger partial charge < -0.3 is 4.90 Å². The number of aryl methyl sites for hydroxylation is 2. The lowest BCUT2D eigenvalue weighted by atomic mass is 10.1. The zero-order valence-corrected chi connectivity index (χ0v) is 13.9. The second kappa shape index (κ2) is 6.08. The fraction of sp³-hybridized carbons (Fsp3) is 0.353. The van der Waals surface area contributed by atoms with E-state index in [0.717, 1.165) is 23.5 Å². The number of anilines is 1. The van der Waals surface area contributed by atoms with Crippen molar-refractivity contribution in [1.29, 1.82) is 0 Å². The average Bonchev–Trinajstić information content (AvgIpc) is 2.79. The van der Waals surface area contributed by atoms with E-state index in [2.05, 4.69) is 23.0 Å². The zero-order valence-electron chi connectivity index (χ0n) is 13.0. The Morgan fingerprint density at radius 1 is 1.27 bits per heavy atom. The van der Waals surface area contributed by atoms with Crippen LogP contribution in [0, 0.1) is 13.8 Å². The molecule has 4 nitrogen and oxygen atoms in total. The van der Waals surface area contributed by atoms with Crippen molar-refractivity contribution in [3.8, 4) is 0 Å². The molecule has 0 unspecified atom stereocenters. The molecule has 1 aromatic heterocycles. The van der Waals surface area contributed by atoms with Crippen LogP contribution in [-0.2, 0) is 11.2 Å². The summed E-state index contributed by atoms with van der Waals surface area (Å²) in [6.45, 7) is 5.98. The lowest BCUT2D eigenvalue weighted by Crippen LogP contribution is -2.37. The zero-order chi connectivity index (χ0) is 15.7. The smallest absolute Gasteiger partial charge is 0.237 e. The van der Waals surface area contributed by atoms with E-state index >= 15 is 0 Å². The van der Waals surface area contributed by atoms with Crippen molar-refractivity contribution in [3.05, 3.63) is 47.3 Å². The van der Waals surface area contributed by atoms with Crippen LogP contribution in [0.15, 0.2) is 35.5 Å². The number of benzene rings is 1. The first kappa shape index (κ1) is 15.0. The molecule has 1 aliphatic rings. The SMILES string of the molecule is Cc1cc(C)nc(SCC(=O)N2c3ccccc3C[C@H]2C)n1. The summed E-state index contributed by atoms with van der Waals surface area (Å²) in [5.41, 5.74) is 4.16. The Bertz CT molecular complexity index is 697. The second-order valence-corrected chi connectivity index (χ2v) is 6.61. The van der Waals surface area contributed by atoms with Crippen molar-refractivity contribution < 1.29 is 4.79 Å². The predicted molar refractivity (Wildman–Crippen MR) is 89.3 cm³/mol. The monoisotopic (exact) mass is 313 g/mol. The van der Waals surface area contributed by atoms with Crippen LogP contribution in [-0.4, -0.2) is 27.7 Å². The van der Waals surface area contributed by atoms with E-state index in [4.69, 9.17) is 0 Å². The van der Waals surface area contributed by atoms with Gasteiger partial charge in [-0.15, -0.1) is 0 Å². The maximum atomic E-state index is 12.6. The third kappa shape index (κ3) is 2.99. The summed E-state index contributed by atoms with van der Waals surface area (Å²) in [6.07, 6.45) is 0.923. The van der Waals surface area contributed by atoms with E-state index < -0.39 is 0 Å². The first-order valence-corrected chi connectivity index (χ1v) is 8.38. The Labute approximate surface area is 135 Å². The Morgan fingerprint density at radius 2 is 1.95 bits per heavy atom. The van der Waals surface area contributed by atoms with Gasteiger partial charge in [-0.3, -0.25) is 4.79 Å². The number of hydrogen-bond donors (Lipinski definition) is 0. The van der Waals surface area contributed by atoms with Crippen LogP contribution < -0.4 is 4.90 Å². The first-order valence-electron chi connectivity index (χ1n) is 7.39. The van der Waals surface area contributed by atoms with E-state index in [0.29, 0.717) is 10.9 Å². The highest BCUT2D eigenvalue weighted by atomic mass is 32.2. The van der Waals surface area contributed by atoms with E-state index in [1.165, 1.54) is 17.3 Å². The molecule has 22 heavy (non-hydrogen) atoms. The Balaban J connectivity index is 1.72. The highest BCUT2D eigenvalue weighted by Gasteiger charge is 2.30. The summed E-state index contributed by atoms with van der Waals surface area (Å²) in [5, 5.41) is 0.672. The minimum absolute atomic E-state index is 0.116. The molecule has 0 saturated heterocycles. The topological polar surface area (TPSA) is 46.1 Å². The van der Waals surface area contributed by atoms with E-state index in [1.807, 2.05) is 43.0 Å². The van der Waals surface area contributed by atoms with Gasteiger partial charge in [0.15, 0.2) is 5.16 Å². The molecule has 5 heteroatoms. The third-order valence-electron chi connectivity index (χ3n) is 3.76. The van der Waals surface area contributed by atoms with Gasteiger partial charge in [-0.2, -0.15) is 0 Å². The summed E-state index contributed by atoms with van der Waals surface area (Å²) >= 11 is 1.41. The Hall–Kier alpha value is -1.88. The Kier molecular flexibility index (Phi) is 4.16. The normalized spacial score (nSPS) is 16.7. The van der Waals surface area contributed by atoms with E-state index in [-0.39, 0.29) is 11.9 Å². The summed E-state index contributed by atoms with van der Waals surface area (Å²) in [7, 11) is 0. The van der Waals surface area contributed by atoms with Gasteiger partial charge in [0.05, 0.1) is 5.75 Å². The van der Waals surface area contributed by atoms with Crippen molar-refractivity contribution in [1.82, 2.24) is 9.97 Å². The largest absolute Gasteiger partial charge is 0.308 e. The number of carbonyl (C=O) groups excluding carboxylic acids is 1. The molecule has 0 aliphatic carbocycles. The van der Waals surface area contributed by atoms with Crippen LogP contribution in [0.25, 0.3) is 0 Å². The van der Waals surface area contributed by atoms with E-state index in [1.54, 1.807) is 0 Å². The summed E-state index contributed by atoms with van der Waals surface area (Å²) in [4.78, 5) is 23.3. The molecule has 114 valence electrons. The first-order chi connectivity index (χ1) is 10.5. The summed E-state index contributed by atoms with van der Waals surface area (Å²) in [6, 6.07) is 10.3. The number of rotatable bonds is 3. The van der Waals surface area contributed by atoms with Crippen LogP contribution in [0.5, 0.6) is 0 Å². The molecule has 0 saturated carbocycles. The highest BCUT2D eigenvalue weighted by Crippen LogP contribution is 2.32. The molecule has 1 aromatic carbocycles. The number of hydrogen-bond acceptors (Lipinski definition) is 4. The van der Waals surface area contributed by atoms with Crippen LogP contribution in [0.3, 0.4) is 0 Å². The van der Waals surface area contributed by atoms with Crippen molar-refractivity contribution in [2.45, 2.75) is 38.4 Å². The van der Waals surface area contributed by atoms with Crippen molar-refractivity contribution in [3.63, 3.8) is 0 Å². The highest BCUT2D eigenvalue weighted by molar-refractivity contribution is 7.99. The van der Waals surface area contributed by atoms with Gasteiger partial charge in [0.25, 0.3) is 0 Å². The maximum absolute atomic E-state index is 12.6. The molecular formula is C17H19N3OS. The molecule has 0 N–H and O–H groups in total. The molecule has 1 amide bonds. The van der Waals surface area contributed by atoms with Gasteiger partial charge in [0.2, 0.25) is 5.91 Å². The number of aromatic nitrogens is 2. The van der Waals surface area contributed by atoms with Gasteiger partial charge >= 0.3 is 0 Å². The van der Waals surface area contributed by atoms with Gasteiger partial charge in [-0.25, -0.2) is 9.97 Å². The van der Waals surface area contributed by atoms with Gasteiger partial charge in [0, 0.05) is 23.1 Å². The number of nitrogens with zero attached hydrogens (tertiary/aromatic N) is 3. The lowest BCUT2D eigenvalue weighted by Gasteiger charge is -2.22. The lowest BCUT2D eigenvalue weighted by molar-refractivity contribution is -0.116. The molecule has 0 fully saturated rings. The summed E-state index contributed by atoms with van der Waals surface area (Å²) < 4.78 is 0. The van der Waals surface area contributed by atoms with E-state index in [9.17, 15) is 4.79 Å². The molecule has 0 radical (unpaired) electrons. The number of para-hydroxylation sites is 1. The number of carbonyl (C=O) groups is 1. The third-order valence-corrected chi connectivity index (χ3v) is 4.59. The van der Waals surface area contributed by atoms with Crippen molar-refractivity contribution in [2.75, 3.05) is 10.7 Å². The number of thioether (sulfide) groups is 1. The average molecular weight is 313 g/mol. The predicted octanol–water partition coefficient (Wildman–Crippen LogP) is 3.16. The molecule has 2 heterocycles. The molecule has 1 aliphatic heterocycles. The van der Waals surface area contributed by atoms with Crippen LogP contribution in [0.1, 0.15) is 23.9 Å². The Morgan fingerprint density at radius 3 is 2.68 bits per heavy atom. The summed E-state index contributed by atoms with van der Waals surface area (Å²) in [5.74, 6) is 0.479. The fourth-order valence-corrected chi connectivity index (χ4v) is 3.71. The van der Waals surface area contributed by atoms with Crippen molar-refractivity contribution in [2.24, 2.45) is 0 Å². The standard InChI is InChI=1S/C17H19N3OS/c1-11-8-12(2)19-17(18-11)22-10-16(21)20-13(3)9-14-6-4-5-7-15(14)20/h4-8,13H,9-10H2,1-3H3/t13-/m1/s1. The fourth-order valence-electron chi connectivity index (χ4n) is 2.90. The van der Waals surface area contributed by atoms with Crippen LogP contribution in [0.4, 0.5) is 5.69 Å². The number of amides is 1. The van der Waals surface area contributed by atoms with Gasteiger partial charge in [-0.05, 0) is 44.9 Å². The van der Waals surface area contributed by atoms with Crippen LogP contribution >= 0.6 is 11.8 Å². The van der Waals surface area contributed by atoms with Crippen molar-refractivity contribution >= 4 is 23.4 Å². The molecule has 0 bridgehead atoms. The minimum atomic E-state index is 0.116. The minimum Gasteiger partial charge on any atom is -0.308 e. The molecular weight excluding hydrogens is 294 g/mol. The number of fused-ring (bicyclic) bond motifs is 1. The molecule has 1 atom stereocenters. The quantitative estimate of drug-likeness (QED) is 0.645. The second-order valence-electron chi connectivity index (χ2n) is 5.67. The van der Waals surface area contributed by atoms with Gasteiger partial charge in [0.1, 0.15) is 0 Å². The molecule has 0 spiro atoms. The molecule has 3 rings (SSSR count). The maximum Gasteiger partial charge on any atom is 0.237 e. The van der Waals surface area contributed by atoms with Crippen LogP contribution in [0.2, 0.25) is 0 Å². The van der Waals surface area contributed by atoms with Gasteiger partial charge in [-0.1, -0.05) is 30.0 Å².